The Labute approximate surface area is 277 Å². The fraction of sp³-hybridized carbons (Fsp3) is 0.846. The third kappa shape index (κ3) is 49.2. The minimum absolute atomic E-state index is 0.0652. The third-order valence-electron chi connectivity index (χ3n) is 5.67. The molecule has 0 unspecified atom stereocenters. The first kappa shape index (κ1) is 51.2. The smallest absolute Gasteiger partial charge is 0.303 e. The van der Waals surface area contributed by atoms with Crippen LogP contribution < -0.4 is 20.0 Å². The lowest BCUT2D eigenvalue weighted by atomic mass is 10.1. The number of nitrogens with zero attached hydrogens (tertiary/aromatic N) is 2. The van der Waals surface area contributed by atoms with E-state index in [1.807, 2.05) is 0 Å². The van der Waals surface area contributed by atoms with Crippen molar-refractivity contribution >= 4 is 23.9 Å². The summed E-state index contributed by atoms with van der Waals surface area (Å²) in [5.41, 5.74) is 0. The van der Waals surface area contributed by atoms with E-state index in [4.69, 9.17) is 30.6 Å². The highest BCUT2D eigenvalue weighted by atomic mass is 17.0. The van der Waals surface area contributed by atoms with Crippen molar-refractivity contribution in [1.82, 2.24) is 0 Å². The Morgan fingerprint density at radius 2 is 0.688 bits per heavy atom. The van der Waals surface area contributed by atoms with Gasteiger partial charge in [0.2, 0.25) is 0 Å². The SMILES string of the molecule is O=C([O-])CCCCCC(=O)O[N+](=O)[O-].O=C([O-])CCCCCC(=O)O[N+](=O)[O-].OCC[NH+](CCO)CCO.OCC[NH+](CCO)CCO. The van der Waals surface area contributed by atoms with Crippen LogP contribution in [0.15, 0.2) is 0 Å². The summed E-state index contributed by atoms with van der Waals surface area (Å²) >= 11 is 0. The van der Waals surface area contributed by atoms with Crippen LogP contribution in [0.1, 0.15) is 64.2 Å². The Balaban J connectivity index is -0.000000272. The van der Waals surface area contributed by atoms with Gasteiger partial charge in [0.05, 0.1) is 39.6 Å². The van der Waals surface area contributed by atoms with Gasteiger partial charge in [-0.05, 0) is 38.5 Å². The molecular formula is C26H52N4O18. The second kappa shape index (κ2) is 39.5. The molecule has 0 atom stereocenters. The molecule has 284 valence electrons. The molecule has 22 heteroatoms. The summed E-state index contributed by atoms with van der Waals surface area (Å²) in [6.45, 7) is 4.23. The van der Waals surface area contributed by atoms with Crippen LogP contribution in [0.25, 0.3) is 0 Å². The molecule has 22 nitrogen and oxygen atoms in total. The van der Waals surface area contributed by atoms with Gasteiger partial charge in [-0.15, -0.1) is 20.2 Å². The maximum absolute atomic E-state index is 10.6. The van der Waals surface area contributed by atoms with Crippen LogP contribution in [0, 0.1) is 20.2 Å². The first-order chi connectivity index (χ1) is 22.7. The van der Waals surface area contributed by atoms with Crippen LogP contribution >= 0.6 is 0 Å². The standard InChI is InChI=1S/2C7H11NO6.2C6H15NO3/c2*9-6(10)4-2-1-3-5-7(11)14-8(12)13;2*8-4-1-7(2-5-9)3-6-10/h2*1-5H2,(H,9,10);2*8-10H,1-6H2. The number of carboxylic acids is 2. The number of unbranched alkanes of at least 4 members (excludes halogenated alkanes) is 4. The zero-order chi connectivity index (χ0) is 37.6. The lowest BCUT2D eigenvalue weighted by Crippen LogP contribution is -3.13. The number of rotatable bonds is 26. The summed E-state index contributed by atoms with van der Waals surface area (Å²) in [5, 5.41) is 87.9. The predicted octanol–water partition coefficient (Wildman–Crippen LogP) is -7.46. The van der Waals surface area contributed by atoms with Crippen molar-refractivity contribution < 1.29 is 89.7 Å². The normalized spacial score (nSPS) is 10.0. The van der Waals surface area contributed by atoms with Crippen molar-refractivity contribution in [2.24, 2.45) is 0 Å². The molecule has 0 amide bonds. The van der Waals surface area contributed by atoms with Gasteiger partial charge in [-0.1, -0.05) is 12.8 Å². The number of aliphatic carboxylic acids is 2. The monoisotopic (exact) mass is 708 g/mol. The van der Waals surface area contributed by atoms with Crippen molar-refractivity contribution in [2.75, 3.05) is 78.9 Å². The molecule has 0 fully saturated rings. The van der Waals surface area contributed by atoms with E-state index in [1.54, 1.807) is 0 Å². The van der Waals surface area contributed by atoms with E-state index in [9.17, 15) is 49.6 Å². The van der Waals surface area contributed by atoms with Crippen LogP contribution in [-0.2, 0) is 28.9 Å². The number of aliphatic hydroxyl groups excluding tert-OH is 6. The average Bonchev–Trinajstić information content (AvgIpc) is 2.98. The molecule has 0 aliphatic rings. The van der Waals surface area contributed by atoms with Gasteiger partial charge in [-0.2, -0.15) is 0 Å². The van der Waals surface area contributed by atoms with E-state index in [0.717, 1.165) is 9.80 Å². The van der Waals surface area contributed by atoms with Crippen LogP contribution in [0.3, 0.4) is 0 Å². The molecule has 0 aromatic carbocycles. The second-order valence-corrected chi connectivity index (χ2v) is 9.58. The van der Waals surface area contributed by atoms with Crippen LogP contribution in [0.5, 0.6) is 0 Å². The van der Waals surface area contributed by atoms with Gasteiger partial charge in [0.15, 0.2) is 0 Å². The number of hydrogen-bond donors (Lipinski definition) is 8. The summed E-state index contributed by atoms with van der Waals surface area (Å²) in [7, 11) is 0. The van der Waals surface area contributed by atoms with E-state index in [-0.39, 0.29) is 65.3 Å². The van der Waals surface area contributed by atoms with E-state index in [0.29, 0.717) is 77.8 Å². The zero-order valence-electron chi connectivity index (χ0n) is 27.0. The molecule has 0 saturated heterocycles. The lowest BCUT2D eigenvalue weighted by Gasteiger charge is -2.15. The number of nitrogens with one attached hydrogen (secondary N) is 2. The van der Waals surface area contributed by atoms with Crippen molar-refractivity contribution in [1.29, 1.82) is 0 Å². The first-order valence-electron chi connectivity index (χ1n) is 15.2. The molecular weight excluding hydrogens is 656 g/mol. The molecule has 0 heterocycles. The molecule has 0 aliphatic carbocycles. The van der Waals surface area contributed by atoms with E-state index in [2.05, 4.69) is 9.68 Å². The number of hydrogen-bond acceptors (Lipinski definition) is 18. The molecule has 0 radical (unpaired) electrons. The highest BCUT2D eigenvalue weighted by Gasteiger charge is 2.08. The molecule has 0 bridgehead atoms. The third-order valence-corrected chi connectivity index (χ3v) is 5.67. The summed E-state index contributed by atoms with van der Waals surface area (Å²) in [6.07, 6.45) is 2.26. The van der Waals surface area contributed by atoms with Crippen LogP contribution in [-0.4, -0.2) is 144 Å². The fourth-order valence-corrected chi connectivity index (χ4v) is 3.39. The molecule has 48 heavy (non-hydrogen) atoms. The minimum atomic E-state index is -1.16. The van der Waals surface area contributed by atoms with Gasteiger partial charge in [0.1, 0.15) is 39.3 Å². The molecule has 8 N–H and O–H groups in total. The molecule has 0 aromatic rings. The largest absolute Gasteiger partial charge is 0.550 e. The highest BCUT2D eigenvalue weighted by Crippen LogP contribution is 2.04. The molecule has 0 aliphatic heterocycles. The van der Waals surface area contributed by atoms with E-state index in [1.165, 1.54) is 0 Å². The Hall–Kier alpha value is -3.64. The predicted molar refractivity (Wildman–Crippen MR) is 156 cm³/mol. The highest BCUT2D eigenvalue weighted by molar-refractivity contribution is 5.68. The summed E-state index contributed by atoms with van der Waals surface area (Å²) in [4.78, 5) is 69.7. The van der Waals surface area contributed by atoms with Gasteiger partial charge in [0.25, 0.3) is 0 Å². The quantitative estimate of drug-likeness (QED) is 0.0235. The minimum Gasteiger partial charge on any atom is -0.550 e. The van der Waals surface area contributed by atoms with Crippen LogP contribution in [0.4, 0.5) is 0 Å². The Kier molecular flexibility index (Phi) is 42.2. The molecule has 0 rings (SSSR count). The van der Waals surface area contributed by atoms with Crippen LogP contribution in [0.2, 0.25) is 0 Å². The summed E-state index contributed by atoms with van der Waals surface area (Å²) in [6, 6.07) is 0. The lowest BCUT2D eigenvalue weighted by molar-refractivity contribution is -0.901. The maximum Gasteiger partial charge on any atom is 0.303 e. The number of carbonyl (C=O) groups is 4. The zero-order valence-corrected chi connectivity index (χ0v) is 27.0. The Morgan fingerprint density at radius 3 is 0.875 bits per heavy atom. The number of carbonyl (C=O) groups excluding carboxylic acids is 4. The number of carboxylic acid groups (broad SMARTS) is 2. The average molecular weight is 709 g/mol. The van der Waals surface area contributed by atoms with Gasteiger partial charge in [-0.3, -0.25) is 9.59 Å². The van der Waals surface area contributed by atoms with Crippen molar-refractivity contribution in [2.45, 2.75) is 64.2 Å². The van der Waals surface area contributed by atoms with Crippen molar-refractivity contribution in [3.8, 4) is 0 Å². The van der Waals surface area contributed by atoms with Gasteiger partial charge < -0.3 is 60.2 Å². The number of aliphatic hydroxyl groups is 6. The molecule has 0 spiro atoms. The fourth-order valence-electron chi connectivity index (χ4n) is 3.39. The van der Waals surface area contributed by atoms with E-state index >= 15 is 0 Å². The van der Waals surface area contributed by atoms with Crippen molar-refractivity contribution in [3.05, 3.63) is 20.2 Å². The number of quaternary nitrogens is 2. The Bertz CT molecular complexity index is 742. The summed E-state index contributed by atoms with van der Waals surface area (Å²) < 4.78 is 0. The maximum atomic E-state index is 10.6. The topological polar surface area (TPSA) is 349 Å². The first-order valence-corrected chi connectivity index (χ1v) is 15.2. The van der Waals surface area contributed by atoms with Gasteiger partial charge in [-0.25, -0.2) is 9.68 Å². The van der Waals surface area contributed by atoms with Crippen molar-refractivity contribution in [3.63, 3.8) is 0 Å². The van der Waals surface area contributed by atoms with Gasteiger partial charge >= 0.3 is 22.1 Å². The Morgan fingerprint density at radius 1 is 0.458 bits per heavy atom. The van der Waals surface area contributed by atoms with E-state index < -0.39 is 34.1 Å². The molecule has 0 saturated carbocycles. The summed E-state index contributed by atoms with van der Waals surface area (Å²) in [5.74, 6) is -4.11. The van der Waals surface area contributed by atoms with Gasteiger partial charge in [0, 0.05) is 24.8 Å². The molecule has 0 aromatic heterocycles. The second-order valence-electron chi connectivity index (χ2n) is 9.58.